The van der Waals surface area contributed by atoms with Crippen LogP contribution in [-0.2, 0) is 0 Å². The number of hydrogen-bond donors (Lipinski definition) is 0. The highest BCUT2D eigenvalue weighted by molar-refractivity contribution is 6.10. The number of benzene rings is 5. The maximum absolute atomic E-state index is 3.50. The maximum Gasteiger partial charge on any atom is 0.0406 e. The third kappa shape index (κ3) is 3.76. The molecular weight excluding hydrogens is 384 g/mol. The van der Waals surface area contributed by atoms with E-state index in [9.17, 15) is 0 Å². The number of hydrogen-bond acceptors (Lipinski definition) is 0. The first-order valence-electron chi connectivity index (χ1n) is 10.8. The number of rotatable bonds is 0. The summed E-state index contributed by atoms with van der Waals surface area (Å²) in [5, 5.41) is 4.60. The highest BCUT2D eigenvalue weighted by atomic mass is 14.1. The number of fused-ring (bicyclic) bond motifs is 2. The SMILES string of the molecule is Cc1cc2c(C#Cc3ccccc3)c3ccccc3c(C#Cc3ccccc3)c2cc1C. The van der Waals surface area contributed by atoms with E-state index in [0.29, 0.717) is 0 Å². The van der Waals surface area contributed by atoms with Crippen molar-refractivity contribution >= 4 is 21.5 Å². The summed E-state index contributed by atoms with van der Waals surface area (Å²) >= 11 is 0. The second-order valence-corrected chi connectivity index (χ2v) is 8.01. The molecule has 0 aliphatic carbocycles. The highest BCUT2D eigenvalue weighted by Crippen LogP contribution is 2.34. The Bertz CT molecular complexity index is 1440. The van der Waals surface area contributed by atoms with Gasteiger partial charge in [0.1, 0.15) is 0 Å². The lowest BCUT2D eigenvalue weighted by Crippen LogP contribution is -1.93. The Morgan fingerprint density at radius 3 is 1.19 bits per heavy atom. The van der Waals surface area contributed by atoms with E-state index in [1.807, 2.05) is 60.7 Å². The molecular formula is C32H22. The second kappa shape index (κ2) is 8.47. The summed E-state index contributed by atoms with van der Waals surface area (Å²) in [7, 11) is 0. The monoisotopic (exact) mass is 406 g/mol. The molecule has 5 aromatic carbocycles. The Kier molecular flexibility index (Phi) is 5.21. The van der Waals surface area contributed by atoms with E-state index in [-0.39, 0.29) is 0 Å². The van der Waals surface area contributed by atoms with Crippen molar-refractivity contribution in [1.29, 1.82) is 0 Å². The molecule has 0 N–H and O–H groups in total. The van der Waals surface area contributed by atoms with E-state index in [1.54, 1.807) is 0 Å². The predicted octanol–water partition coefficient (Wildman–Crippen LogP) is 7.41. The van der Waals surface area contributed by atoms with Gasteiger partial charge in [0.15, 0.2) is 0 Å². The fourth-order valence-corrected chi connectivity index (χ4v) is 4.02. The van der Waals surface area contributed by atoms with E-state index >= 15 is 0 Å². The molecule has 0 fully saturated rings. The zero-order chi connectivity index (χ0) is 21.9. The fourth-order valence-electron chi connectivity index (χ4n) is 4.02. The molecule has 5 rings (SSSR count). The standard InChI is InChI=1S/C32H22/c1-23-21-31-29(19-17-25-11-5-3-6-12-25)27-15-9-10-16-28(27)30(32(31)22-24(23)2)20-18-26-13-7-4-8-14-26/h3-16,21-22H,1-2H3. The third-order valence-electron chi connectivity index (χ3n) is 5.85. The van der Waals surface area contributed by atoms with Crippen LogP contribution in [0.3, 0.4) is 0 Å². The van der Waals surface area contributed by atoms with Gasteiger partial charge in [-0.3, -0.25) is 0 Å². The first-order valence-corrected chi connectivity index (χ1v) is 10.8. The van der Waals surface area contributed by atoms with Crippen molar-refractivity contribution in [2.75, 3.05) is 0 Å². The molecule has 5 aromatic rings. The third-order valence-corrected chi connectivity index (χ3v) is 5.85. The van der Waals surface area contributed by atoms with Crippen molar-refractivity contribution in [1.82, 2.24) is 0 Å². The van der Waals surface area contributed by atoms with Gasteiger partial charge in [0.2, 0.25) is 0 Å². The molecule has 150 valence electrons. The van der Waals surface area contributed by atoms with Crippen molar-refractivity contribution in [2.45, 2.75) is 13.8 Å². The van der Waals surface area contributed by atoms with Crippen molar-refractivity contribution in [2.24, 2.45) is 0 Å². The van der Waals surface area contributed by atoms with Crippen molar-refractivity contribution in [3.63, 3.8) is 0 Å². The van der Waals surface area contributed by atoms with Crippen LogP contribution in [0, 0.1) is 37.5 Å². The minimum absolute atomic E-state index is 1.02. The van der Waals surface area contributed by atoms with Gasteiger partial charge >= 0.3 is 0 Å². The smallest absolute Gasteiger partial charge is 0.0406 e. The highest BCUT2D eigenvalue weighted by Gasteiger charge is 2.13. The fraction of sp³-hybridized carbons (Fsp3) is 0.0625. The van der Waals surface area contributed by atoms with Crippen LogP contribution < -0.4 is 0 Å². The Hall–Kier alpha value is -4.26. The van der Waals surface area contributed by atoms with Crippen molar-refractivity contribution in [3.8, 4) is 23.7 Å². The summed E-state index contributed by atoms with van der Waals surface area (Å²) in [6.07, 6.45) is 0. The largest absolute Gasteiger partial charge is 0.0622 e. The van der Waals surface area contributed by atoms with E-state index in [4.69, 9.17) is 0 Å². The van der Waals surface area contributed by atoms with Crippen LogP contribution in [0.15, 0.2) is 97.1 Å². The lowest BCUT2D eigenvalue weighted by molar-refractivity contribution is 1.36. The molecule has 0 atom stereocenters. The minimum atomic E-state index is 1.02. The summed E-state index contributed by atoms with van der Waals surface area (Å²) < 4.78 is 0. The molecule has 0 saturated carbocycles. The molecule has 0 aliphatic heterocycles. The Labute approximate surface area is 189 Å². The number of aryl methyl sites for hydroxylation is 2. The maximum atomic E-state index is 3.50. The van der Waals surface area contributed by atoms with Gasteiger partial charge < -0.3 is 0 Å². The molecule has 0 heterocycles. The molecule has 0 amide bonds. The molecule has 0 aromatic heterocycles. The van der Waals surface area contributed by atoms with Crippen LogP contribution in [0.4, 0.5) is 0 Å². The van der Waals surface area contributed by atoms with Gasteiger partial charge in [0.25, 0.3) is 0 Å². The normalized spacial score (nSPS) is 10.3. The quantitative estimate of drug-likeness (QED) is 0.185. The minimum Gasteiger partial charge on any atom is -0.0622 e. The van der Waals surface area contributed by atoms with E-state index in [1.165, 1.54) is 11.1 Å². The Morgan fingerprint density at radius 2 is 0.781 bits per heavy atom. The molecule has 0 spiro atoms. The first kappa shape index (κ1) is 19.7. The van der Waals surface area contributed by atoms with Gasteiger partial charge in [-0.15, -0.1) is 0 Å². The first-order chi connectivity index (χ1) is 15.7. The zero-order valence-electron chi connectivity index (χ0n) is 18.2. The lowest BCUT2D eigenvalue weighted by atomic mass is 9.89. The van der Waals surface area contributed by atoms with Gasteiger partial charge in [0.05, 0.1) is 0 Å². The van der Waals surface area contributed by atoms with Crippen LogP contribution in [-0.4, -0.2) is 0 Å². The van der Waals surface area contributed by atoms with E-state index < -0.39 is 0 Å². The van der Waals surface area contributed by atoms with Gasteiger partial charge in [-0.05, 0) is 82.9 Å². The molecule has 0 radical (unpaired) electrons. The predicted molar refractivity (Wildman–Crippen MR) is 136 cm³/mol. The van der Waals surface area contributed by atoms with Crippen LogP contribution in [0.2, 0.25) is 0 Å². The van der Waals surface area contributed by atoms with Crippen LogP contribution >= 0.6 is 0 Å². The van der Waals surface area contributed by atoms with Crippen molar-refractivity contribution in [3.05, 3.63) is 130 Å². The van der Waals surface area contributed by atoms with Crippen LogP contribution in [0.1, 0.15) is 33.4 Å². The summed E-state index contributed by atoms with van der Waals surface area (Å²) in [5.41, 5.74) is 6.68. The average molecular weight is 407 g/mol. The Morgan fingerprint density at radius 1 is 0.406 bits per heavy atom. The van der Waals surface area contributed by atoms with E-state index in [2.05, 4.69) is 73.9 Å². The van der Waals surface area contributed by atoms with E-state index in [0.717, 1.165) is 43.8 Å². The summed E-state index contributed by atoms with van der Waals surface area (Å²) in [5.74, 6) is 13.7. The molecule has 0 nitrogen and oxygen atoms in total. The van der Waals surface area contributed by atoms with Crippen LogP contribution in [0.25, 0.3) is 21.5 Å². The molecule has 32 heavy (non-hydrogen) atoms. The van der Waals surface area contributed by atoms with Gasteiger partial charge in [-0.2, -0.15) is 0 Å². The summed E-state index contributed by atoms with van der Waals surface area (Å²) in [6.45, 7) is 4.32. The van der Waals surface area contributed by atoms with Gasteiger partial charge in [0, 0.05) is 22.3 Å². The average Bonchev–Trinajstić information content (AvgIpc) is 2.84. The zero-order valence-corrected chi connectivity index (χ0v) is 18.2. The van der Waals surface area contributed by atoms with Gasteiger partial charge in [-0.1, -0.05) is 84.3 Å². The molecule has 0 heteroatoms. The molecule has 0 saturated heterocycles. The molecule has 0 unspecified atom stereocenters. The summed E-state index contributed by atoms with van der Waals surface area (Å²) in [4.78, 5) is 0. The lowest BCUT2D eigenvalue weighted by Gasteiger charge is -2.13. The summed E-state index contributed by atoms with van der Waals surface area (Å²) in [6, 6.07) is 33.3. The topological polar surface area (TPSA) is 0 Å². The Balaban J connectivity index is 1.85. The van der Waals surface area contributed by atoms with Crippen molar-refractivity contribution < 1.29 is 0 Å². The van der Waals surface area contributed by atoms with Gasteiger partial charge in [-0.25, -0.2) is 0 Å². The van der Waals surface area contributed by atoms with Crippen LogP contribution in [0.5, 0.6) is 0 Å². The molecule has 0 bridgehead atoms. The molecule has 0 aliphatic rings. The second-order valence-electron chi connectivity index (χ2n) is 8.01.